The summed E-state index contributed by atoms with van der Waals surface area (Å²) in [5.41, 5.74) is 0.524. The van der Waals surface area contributed by atoms with Crippen molar-refractivity contribution in [2.75, 3.05) is 13.7 Å². The van der Waals surface area contributed by atoms with Crippen LogP contribution in [0.1, 0.15) is 5.56 Å². The Morgan fingerprint density at radius 3 is 2.82 bits per heavy atom. The Morgan fingerprint density at radius 1 is 1.55 bits per heavy atom. The molecule has 1 aromatic rings. The summed E-state index contributed by atoms with van der Waals surface area (Å²) in [7, 11) is 1.38. The first-order chi connectivity index (χ1) is 10.3. The highest BCUT2D eigenvalue weighted by Gasteiger charge is 2.33. The molecule has 1 heterocycles. The molecule has 2 N–H and O–H groups in total. The topological polar surface area (TPSA) is 87.1 Å². The first-order valence-electron chi connectivity index (χ1n) is 5.87. The summed E-state index contributed by atoms with van der Waals surface area (Å²) >= 11 is 11.9. The van der Waals surface area contributed by atoms with Crippen molar-refractivity contribution < 1.29 is 24.5 Å². The number of carboxylic acid groups (broad SMARTS) is 1. The number of halogens is 1. The van der Waals surface area contributed by atoms with Crippen molar-refractivity contribution in [3.05, 3.63) is 27.6 Å². The SMILES string of the molecule is COc1cc(C=C2SC(=S)N(CC(=O)O)C2=O)cc(Cl)c1O. The lowest BCUT2D eigenvalue weighted by molar-refractivity contribution is -0.140. The highest BCUT2D eigenvalue weighted by Crippen LogP contribution is 2.37. The average molecular weight is 360 g/mol. The van der Waals surface area contributed by atoms with E-state index in [0.717, 1.165) is 16.7 Å². The number of benzene rings is 1. The van der Waals surface area contributed by atoms with Crippen molar-refractivity contribution in [1.82, 2.24) is 4.90 Å². The van der Waals surface area contributed by atoms with Crippen molar-refractivity contribution >= 4 is 57.9 Å². The summed E-state index contributed by atoms with van der Waals surface area (Å²) in [5, 5.41) is 18.5. The number of thiocarbonyl (C=S) groups is 1. The molecule has 0 radical (unpaired) electrons. The summed E-state index contributed by atoms with van der Waals surface area (Å²) in [6, 6.07) is 2.97. The van der Waals surface area contributed by atoms with Gasteiger partial charge in [-0.05, 0) is 23.8 Å². The second kappa shape index (κ2) is 6.55. The van der Waals surface area contributed by atoms with E-state index in [1.165, 1.54) is 25.3 Å². The molecule has 0 aromatic heterocycles. The quantitative estimate of drug-likeness (QED) is 0.630. The normalized spacial score (nSPS) is 16.5. The highest BCUT2D eigenvalue weighted by atomic mass is 35.5. The van der Waals surface area contributed by atoms with Crippen molar-refractivity contribution in [2.45, 2.75) is 0 Å². The van der Waals surface area contributed by atoms with Crippen LogP contribution in [0.25, 0.3) is 6.08 Å². The maximum atomic E-state index is 12.1. The van der Waals surface area contributed by atoms with Gasteiger partial charge in [-0.2, -0.15) is 0 Å². The van der Waals surface area contributed by atoms with Crippen LogP contribution in [0.5, 0.6) is 11.5 Å². The largest absolute Gasteiger partial charge is 0.503 e. The van der Waals surface area contributed by atoms with Crippen LogP contribution >= 0.6 is 35.6 Å². The Kier molecular flexibility index (Phi) is 4.94. The molecule has 0 unspecified atom stereocenters. The number of ether oxygens (including phenoxy) is 1. The maximum Gasteiger partial charge on any atom is 0.323 e. The molecule has 6 nitrogen and oxygen atoms in total. The molecule has 1 amide bonds. The fourth-order valence-corrected chi connectivity index (χ4v) is 3.23. The molecule has 0 bridgehead atoms. The number of hydrogen-bond acceptors (Lipinski definition) is 6. The van der Waals surface area contributed by atoms with E-state index in [9.17, 15) is 14.7 Å². The Morgan fingerprint density at radius 2 is 2.23 bits per heavy atom. The molecule has 1 aliphatic heterocycles. The summed E-state index contributed by atoms with van der Waals surface area (Å²) in [5.74, 6) is -1.66. The molecule has 1 aromatic carbocycles. The highest BCUT2D eigenvalue weighted by molar-refractivity contribution is 8.26. The Balaban J connectivity index is 2.34. The van der Waals surface area contributed by atoms with Crippen LogP contribution in [-0.4, -0.2) is 45.0 Å². The third-order valence-corrected chi connectivity index (χ3v) is 4.40. The molecule has 1 fully saturated rings. The molecule has 1 aliphatic rings. The van der Waals surface area contributed by atoms with Crippen LogP contribution in [0.3, 0.4) is 0 Å². The van der Waals surface area contributed by atoms with E-state index in [-0.39, 0.29) is 25.7 Å². The van der Waals surface area contributed by atoms with E-state index < -0.39 is 18.4 Å². The van der Waals surface area contributed by atoms with E-state index in [2.05, 4.69) is 0 Å². The minimum atomic E-state index is -1.15. The van der Waals surface area contributed by atoms with Crippen LogP contribution < -0.4 is 4.74 Å². The molecule has 9 heteroatoms. The smallest absolute Gasteiger partial charge is 0.323 e. The molecule has 0 aliphatic carbocycles. The average Bonchev–Trinajstić information content (AvgIpc) is 2.70. The van der Waals surface area contributed by atoms with Gasteiger partial charge in [-0.3, -0.25) is 14.5 Å². The second-order valence-corrected chi connectivity index (χ2v) is 6.30. The Bertz CT molecular complexity index is 704. The predicted octanol–water partition coefficient (Wildman–Crippen LogP) is 2.34. The third kappa shape index (κ3) is 3.34. The number of phenols is 1. The Hall–Kier alpha value is -1.77. The van der Waals surface area contributed by atoms with Gasteiger partial charge in [0, 0.05) is 0 Å². The van der Waals surface area contributed by atoms with Gasteiger partial charge in [0.25, 0.3) is 5.91 Å². The number of thioether (sulfide) groups is 1. The van der Waals surface area contributed by atoms with Gasteiger partial charge >= 0.3 is 5.97 Å². The van der Waals surface area contributed by atoms with Crippen LogP contribution in [0.15, 0.2) is 17.0 Å². The second-order valence-electron chi connectivity index (χ2n) is 4.22. The first kappa shape index (κ1) is 16.6. The summed E-state index contributed by atoms with van der Waals surface area (Å²) in [6.07, 6.45) is 1.51. The monoisotopic (exact) mass is 359 g/mol. The molecule has 116 valence electrons. The van der Waals surface area contributed by atoms with Gasteiger partial charge in [-0.25, -0.2) is 0 Å². The van der Waals surface area contributed by atoms with Gasteiger partial charge in [0.05, 0.1) is 17.0 Å². The summed E-state index contributed by atoms with van der Waals surface area (Å²) < 4.78 is 5.16. The molecular formula is C13H10ClNO5S2. The molecule has 0 saturated carbocycles. The number of amides is 1. The lowest BCUT2D eigenvalue weighted by Gasteiger charge is -2.10. The number of nitrogens with zero attached hydrogens (tertiary/aromatic N) is 1. The van der Waals surface area contributed by atoms with E-state index in [0.29, 0.717) is 5.56 Å². The molecule has 0 spiro atoms. The summed E-state index contributed by atoms with van der Waals surface area (Å²) in [6.45, 7) is -0.484. The fourth-order valence-electron chi connectivity index (χ4n) is 1.76. The van der Waals surface area contributed by atoms with Gasteiger partial charge in [0.15, 0.2) is 11.5 Å². The zero-order valence-electron chi connectivity index (χ0n) is 11.2. The van der Waals surface area contributed by atoms with Crippen LogP contribution in [-0.2, 0) is 9.59 Å². The van der Waals surface area contributed by atoms with Gasteiger partial charge in [0.1, 0.15) is 10.9 Å². The van der Waals surface area contributed by atoms with Gasteiger partial charge < -0.3 is 14.9 Å². The number of aromatic hydroxyl groups is 1. The van der Waals surface area contributed by atoms with Gasteiger partial charge in [-0.15, -0.1) is 0 Å². The van der Waals surface area contributed by atoms with E-state index >= 15 is 0 Å². The maximum absolute atomic E-state index is 12.1. The van der Waals surface area contributed by atoms with Crippen LogP contribution in [0.2, 0.25) is 5.02 Å². The number of hydrogen-bond donors (Lipinski definition) is 2. The number of carbonyl (C=O) groups is 2. The van der Waals surface area contributed by atoms with E-state index in [4.69, 9.17) is 33.7 Å². The van der Waals surface area contributed by atoms with Crippen LogP contribution in [0.4, 0.5) is 0 Å². The van der Waals surface area contributed by atoms with Gasteiger partial charge in [-0.1, -0.05) is 35.6 Å². The molecule has 22 heavy (non-hydrogen) atoms. The number of methoxy groups -OCH3 is 1. The standard InChI is InChI=1S/C13H10ClNO5S2/c1-20-8-3-6(2-7(14)11(8)18)4-9-12(19)15(5-10(16)17)13(21)22-9/h2-4,18H,5H2,1H3,(H,16,17). The lowest BCUT2D eigenvalue weighted by atomic mass is 10.2. The zero-order chi connectivity index (χ0) is 16.4. The first-order valence-corrected chi connectivity index (χ1v) is 7.47. The summed E-state index contributed by atoms with van der Waals surface area (Å²) in [4.78, 5) is 24.1. The molecule has 2 rings (SSSR count). The van der Waals surface area contributed by atoms with Crippen molar-refractivity contribution in [1.29, 1.82) is 0 Å². The molecule has 1 saturated heterocycles. The minimum Gasteiger partial charge on any atom is -0.503 e. The van der Waals surface area contributed by atoms with E-state index in [1.54, 1.807) is 0 Å². The minimum absolute atomic E-state index is 0.0756. The van der Waals surface area contributed by atoms with Crippen molar-refractivity contribution in [2.24, 2.45) is 0 Å². The third-order valence-electron chi connectivity index (χ3n) is 2.74. The van der Waals surface area contributed by atoms with Gasteiger partial charge in [0.2, 0.25) is 0 Å². The fraction of sp³-hybridized carbons (Fsp3) is 0.154. The molecule has 0 atom stereocenters. The van der Waals surface area contributed by atoms with Crippen molar-refractivity contribution in [3.8, 4) is 11.5 Å². The van der Waals surface area contributed by atoms with E-state index in [1.807, 2.05) is 0 Å². The number of rotatable bonds is 4. The zero-order valence-corrected chi connectivity index (χ0v) is 13.6. The van der Waals surface area contributed by atoms with Crippen molar-refractivity contribution in [3.63, 3.8) is 0 Å². The number of aliphatic carboxylic acids is 1. The Labute approximate surface area is 140 Å². The number of carbonyl (C=O) groups excluding carboxylic acids is 1. The van der Waals surface area contributed by atoms with Crippen LogP contribution in [0, 0.1) is 0 Å². The lowest BCUT2D eigenvalue weighted by Crippen LogP contribution is -2.33. The predicted molar refractivity (Wildman–Crippen MR) is 87.2 cm³/mol. The number of carboxylic acids is 1. The molecular weight excluding hydrogens is 350 g/mol. The number of phenolic OH excluding ortho intramolecular Hbond substituents is 1.